The molecule has 0 N–H and O–H groups in total. The molecule has 4 heteroatoms. The maximum atomic E-state index is 5.25. The Morgan fingerprint density at radius 2 is 1.18 bits per heavy atom. The molecule has 3 nitrogen and oxygen atoms in total. The Morgan fingerprint density at radius 1 is 0.510 bits per heavy atom. The first-order chi connectivity index (χ1) is 25.0. The lowest BCUT2D eigenvalue weighted by atomic mass is 9.77. The lowest BCUT2D eigenvalue weighted by molar-refractivity contribution is 0.705. The highest BCUT2D eigenvalue weighted by atomic mass is 79.9. The molecule has 51 heavy (non-hydrogen) atoms. The second kappa shape index (κ2) is 11.3. The first-order valence-corrected chi connectivity index (χ1v) is 18.2. The van der Waals surface area contributed by atoms with Crippen molar-refractivity contribution in [1.29, 1.82) is 0 Å². The quantitative estimate of drug-likeness (QED) is 0.181. The smallest absolute Gasteiger partial charge is 0.235 e. The molecule has 1 aliphatic rings. The van der Waals surface area contributed by atoms with Gasteiger partial charge in [0.05, 0.1) is 22.2 Å². The molecule has 0 amide bonds. The first kappa shape index (κ1) is 30.0. The Bertz CT molecular complexity index is 2890. The predicted octanol–water partition coefficient (Wildman–Crippen LogP) is 12.8. The molecule has 0 bridgehead atoms. The van der Waals surface area contributed by atoms with Gasteiger partial charge < -0.3 is 0 Å². The Morgan fingerprint density at radius 3 is 2.04 bits per heavy atom. The van der Waals surface area contributed by atoms with E-state index in [9.17, 15) is 0 Å². The summed E-state index contributed by atoms with van der Waals surface area (Å²) in [5, 5.41) is 5.93. The summed E-state index contributed by atoms with van der Waals surface area (Å²) in [5.74, 6) is 0.669. The molecule has 0 fully saturated rings. The SMILES string of the molecule is CC1(C)C(c2cccc3ccccc23)=C(Br)c2ccc(-c3ccc4c(c3)c3ccccc3n4-c3nc(-c4ccccc4)c4ccccc4n3)cc21. The van der Waals surface area contributed by atoms with E-state index in [4.69, 9.17) is 9.97 Å². The fraction of sp³-hybridized carbons (Fsp3) is 0.0638. The van der Waals surface area contributed by atoms with Gasteiger partial charge in [0, 0.05) is 31.6 Å². The molecule has 1 aliphatic carbocycles. The Labute approximate surface area is 304 Å². The van der Waals surface area contributed by atoms with E-state index in [0.29, 0.717) is 5.95 Å². The van der Waals surface area contributed by atoms with Gasteiger partial charge in [0.2, 0.25) is 5.95 Å². The number of para-hydroxylation sites is 2. The summed E-state index contributed by atoms with van der Waals surface area (Å²) in [6.45, 7) is 4.70. The van der Waals surface area contributed by atoms with Gasteiger partial charge in [0.15, 0.2) is 0 Å². The number of rotatable bonds is 4. The Kier molecular flexibility index (Phi) is 6.68. The molecular formula is C47H32BrN3. The zero-order valence-electron chi connectivity index (χ0n) is 28.2. The molecule has 0 saturated carbocycles. The molecule has 0 radical (unpaired) electrons. The van der Waals surface area contributed by atoms with E-state index in [1.165, 1.54) is 59.4 Å². The van der Waals surface area contributed by atoms with Crippen LogP contribution in [0.2, 0.25) is 0 Å². The van der Waals surface area contributed by atoms with Crippen molar-refractivity contribution in [2.75, 3.05) is 0 Å². The number of benzene rings is 7. The minimum Gasteiger partial charge on any atom is -0.278 e. The molecule has 0 aliphatic heterocycles. The van der Waals surface area contributed by atoms with Gasteiger partial charge in [-0.3, -0.25) is 4.57 Å². The van der Waals surface area contributed by atoms with E-state index in [2.05, 4.69) is 180 Å². The maximum absolute atomic E-state index is 5.25. The minimum atomic E-state index is -0.196. The third kappa shape index (κ3) is 4.56. The predicted molar refractivity (Wildman–Crippen MR) is 217 cm³/mol. The lowest BCUT2D eigenvalue weighted by Crippen LogP contribution is -2.16. The van der Waals surface area contributed by atoms with Crippen molar-refractivity contribution >= 4 is 69.5 Å². The van der Waals surface area contributed by atoms with E-state index < -0.39 is 0 Å². The monoisotopic (exact) mass is 717 g/mol. The van der Waals surface area contributed by atoms with Crippen LogP contribution in [0.3, 0.4) is 0 Å². The standard InChI is InChI=1S/C47H32BrN3/c1-47(2)39-28-32(23-25-36(39)44(48)43(47)35-20-12-16-29-13-6-7-17-33(29)35)31-24-26-42-38(27-31)34-18-9-11-22-41(34)51(42)46-49-40-21-10-8-19-37(40)45(50-46)30-14-4-3-5-15-30/h3-28H,1-2H3. The van der Waals surface area contributed by atoms with E-state index >= 15 is 0 Å². The van der Waals surface area contributed by atoms with Crippen LogP contribution in [0, 0.1) is 0 Å². The highest BCUT2D eigenvalue weighted by molar-refractivity contribution is 9.15. The number of aromatic nitrogens is 3. The molecule has 0 atom stereocenters. The Hall–Kier alpha value is -5.84. The molecule has 9 aromatic rings. The second-order valence-corrected chi connectivity index (χ2v) is 14.7. The average molecular weight is 719 g/mol. The van der Waals surface area contributed by atoms with Crippen LogP contribution in [0.1, 0.15) is 30.5 Å². The molecule has 10 rings (SSSR count). The zero-order valence-corrected chi connectivity index (χ0v) is 29.8. The molecule has 7 aromatic carbocycles. The van der Waals surface area contributed by atoms with Gasteiger partial charge in [-0.25, -0.2) is 9.97 Å². The fourth-order valence-electron chi connectivity index (χ4n) is 8.22. The van der Waals surface area contributed by atoms with Crippen molar-refractivity contribution in [3.63, 3.8) is 0 Å². The number of fused-ring (bicyclic) bond motifs is 6. The fourth-order valence-corrected chi connectivity index (χ4v) is 9.28. The third-order valence-electron chi connectivity index (χ3n) is 10.7. The maximum Gasteiger partial charge on any atom is 0.235 e. The van der Waals surface area contributed by atoms with Crippen LogP contribution in [-0.2, 0) is 5.41 Å². The molecule has 2 aromatic heterocycles. The summed E-state index contributed by atoms with van der Waals surface area (Å²) >= 11 is 4.07. The summed E-state index contributed by atoms with van der Waals surface area (Å²) in [6, 6.07) is 56.4. The summed E-state index contributed by atoms with van der Waals surface area (Å²) in [5.41, 5.74) is 12.5. The molecule has 2 heterocycles. The minimum absolute atomic E-state index is 0.196. The number of hydrogen-bond donors (Lipinski definition) is 0. The van der Waals surface area contributed by atoms with E-state index in [0.717, 1.165) is 33.2 Å². The van der Waals surface area contributed by atoms with Crippen LogP contribution in [-0.4, -0.2) is 14.5 Å². The molecular weight excluding hydrogens is 686 g/mol. The summed E-state index contributed by atoms with van der Waals surface area (Å²) in [7, 11) is 0. The van der Waals surface area contributed by atoms with Crippen LogP contribution < -0.4 is 0 Å². The summed E-state index contributed by atoms with van der Waals surface area (Å²) < 4.78 is 3.39. The van der Waals surface area contributed by atoms with Crippen molar-refractivity contribution < 1.29 is 0 Å². The highest BCUT2D eigenvalue weighted by Gasteiger charge is 2.38. The first-order valence-electron chi connectivity index (χ1n) is 17.4. The van der Waals surface area contributed by atoms with Gasteiger partial charge in [-0.1, -0.05) is 141 Å². The van der Waals surface area contributed by atoms with Crippen molar-refractivity contribution in [1.82, 2.24) is 14.5 Å². The van der Waals surface area contributed by atoms with E-state index in [1.54, 1.807) is 0 Å². The van der Waals surface area contributed by atoms with Crippen LogP contribution in [0.4, 0.5) is 0 Å². The number of halogens is 1. The Balaban J connectivity index is 1.12. The highest BCUT2D eigenvalue weighted by Crippen LogP contribution is 2.55. The average Bonchev–Trinajstić information content (AvgIpc) is 3.61. The molecule has 0 saturated heterocycles. The van der Waals surface area contributed by atoms with Crippen molar-refractivity contribution in [2.45, 2.75) is 19.3 Å². The van der Waals surface area contributed by atoms with Gasteiger partial charge >= 0.3 is 0 Å². The topological polar surface area (TPSA) is 30.7 Å². The summed E-state index contributed by atoms with van der Waals surface area (Å²) in [6.07, 6.45) is 0. The van der Waals surface area contributed by atoms with Gasteiger partial charge in [-0.05, 0) is 90.4 Å². The van der Waals surface area contributed by atoms with Crippen LogP contribution in [0.15, 0.2) is 158 Å². The van der Waals surface area contributed by atoms with Crippen molar-refractivity contribution in [2.24, 2.45) is 0 Å². The van der Waals surface area contributed by atoms with Gasteiger partial charge in [0.25, 0.3) is 0 Å². The zero-order chi connectivity index (χ0) is 34.3. The number of nitrogens with zero attached hydrogens (tertiary/aromatic N) is 3. The van der Waals surface area contributed by atoms with Gasteiger partial charge in [-0.15, -0.1) is 0 Å². The van der Waals surface area contributed by atoms with Crippen LogP contribution >= 0.6 is 15.9 Å². The molecule has 0 unspecified atom stereocenters. The third-order valence-corrected chi connectivity index (χ3v) is 11.5. The number of hydrogen-bond acceptors (Lipinski definition) is 2. The van der Waals surface area contributed by atoms with Crippen LogP contribution in [0.25, 0.3) is 81.9 Å². The number of allylic oxidation sites excluding steroid dienone is 1. The van der Waals surface area contributed by atoms with Crippen LogP contribution in [0.5, 0.6) is 0 Å². The van der Waals surface area contributed by atoms with Gasteiger partial charge in [-0.2, -0.15) is 0 Å². The largest absolute Gasteiger partial charge is 0.278 e. The van der Waals surface area contributed by atoms with E-state index in [1.807, 2.05) is 12.1 Å². The normalized spacial score (nSPS) is 13.9. The molecule has 0 spiro atoms. The lowest BCUT2D eigenvalue weighted by Gasteiger charge is -2.26. The summed E-state index contributed by atoms with van der Waals surface area (Å²) in [4.78, 5) is 10.4. The van der Waals surface area contributed by atoms with Gasteiger partial charge in [0.1, 0.15) is 0 Å². The molecule has 242 valence electrons. The van der Waals surface area contributed by atoms with Crippen molar-refractivity contribution in [3.05, 3.63) is 174 Å². The second-order valence-electron chi connectivity index (χ2n) is 13.9. The van der Waals surface area contributed by atoms with Crippen molar-refractivity contribution in [3.8, 4) is 28.3 Å². The van der Waals surface area contributed by atoms with E-state index in [-0.39, 0.29) is 5.41 Å².